The summed E-state index contributed by atoms with van der Waals surface area (Å²) in [4.78, 5) is 23.2. The van der Waals surface area contributed by atoms with Crippen molar-refractivity contribution in [1.29, 1.82) is 0 Å². The number of hydrogen-bond acceptors (Lipinski definition) is 4. The zero-order valence-corrected chi connectivity index (χ0v) is 10.9. The SMILES string of the molecule is O=C(O)C1CCCCC1C(=O)Nc1ccc(Cl)nn1. The predicted octanol–water partition coefficient (Wildman–Crippen LogP) is 1.96. The average molecular weight is 284 g/mol. The van der Waals surface area contributed by atoms with Crippen LogP contribution in [0.1, 0.15) is 25.7 Å². The van der Waals surface area contributed by atoms with Crippen molar-refractivity contribution in [2.45, 2.75) is 25.7 Å². The van der Waals surface area contributed by atoms with Crippen molar-refractivity contribution < 1.29 is 14.7 Å². The molecule has 6 nitrogen and oxygen atoms in total. The molecule has 1 heterocycles. The van der Waals surface area contributed by atoms with Crippen molar-refractivity contribution in [2.24, 2.45) is 11.8 Å². The minimum atomic E-state index is -0.915. The molecular weight excluding hydrogens is 270 g/mol. The molecule has 1 aliphatic carbocycles. The second kappa shape index (κ2) is 5.97. The number of halogens is 1. The molecule has 1 fully saturated rings. The van der Waals surface area contributed by atoms with Gasteiger partial charge in [-0.3, -0.25) is 9.59 Å². The van der Waals surface area contributed by atoms with Crippen LogP contribution < -0.4 is 5.32 Å². The molecule has 0 saturated heterocycles. The number of rotatable bonds is 3. The highest BCUT2D eigenvalue weighted by molar-refractivity contribution is 6.29. The lowest BCUT2D eigenvalue weighted by atomic mass is 9.79. The first-order valence-electron chi connectivity index (χ1n) is 6.11. The number of aliphatic carboxylic acids is 1. The Bertz CT molecular complexity index is 478. The van der Waals surface area contributed by atoms with E-state index in [-0.39, 0.29) is 16.9 Å². The summed E-state index contributed by atoms with van der Waals surface area (Å²) in [7, 11) is 0. The van der Waals surface area contributed by atoms with E-state index in [0.717, 1.165) is 12.8 Å². The summed E-state index contributed by atoms with van der Waals surface area (Å²) in [6.07, 6.45) is 2.85. The molecule has 1 saturated carbocycles. The van der Waals surface area contributed by atoms with E-state index in [1.54, 1.807) is 0 Å². The molecule has 2 rings (SSSR count). The lowest BCUT2D eigenvalue weighted by Crippen LogP contribution is -2.36. The molecule has 102 valence electrons. The molecule has 19 heavy (non-hydrogen) atoms. The van der Waals surface area contributed by atoms with Crippen LogP contribution in [-0.4, -0.2) is 27.2 Å². The van der Waals surface area contributed by atoms with Crippen LogP contribution >= 0.6 is 11.6 Å². The number of nitrogens with one attached hydrogen (secondary N) is 1. The van der Waals surface area contributed by atoms with Crippen LogP contribution in [0.25, 0.3) is 0 Å². The molecule has 1 aromatic heterocycles. The third-order valence-electron chi connectivity index (χ3n) is 3.30. The summed E-state index contributed by atoms with van der Waals surface area (Å²) in [5, 5.41) is 19.3. The number of anilines is 1. The topological polar surface area (TPSA) is 92.2 Å². The number of amides is 1. The number of carbonyl (C=O) groups excluding carboxylic acids is 1. The van der Waals surface area contributed by atoms with Gasteiger partial charge in [0.25, 0.3) is 0 Å². The highest BCUT2D eigenvalue weighted by Crippen LogP contribution is 2.31. The van der Waals surface area contributed by atoms with Gasteiger partial charge >= 0.3 is 5.97 Å². The Hall–Kier alpha value is -1.69. The van der Waals surface area contributed by atoms with Crippen LogP contribution in [0.3, 0.4) is 0 Å². The standard InChI is InChI=1S/C12H14ClN3O3/c13-9-5-6-10(16-15-9)14-11(17)7-3-1-2-4-8(7)12(18)19/h5-8H,1-4H2,(H,18,19)(H,14,16,17). The number of nitrogens with zero attached hydrogens (tertiary/aromatic N) is 2. The summed E-state index contributed by atoms with van der Waals surface area (Å²) < 4.78 is 0. The van der Waals surface area contributed by atoms with Crippen LogP contribution in [0.2, 0.25) is 5.15 Å². The summed E-state index contributed by atoms with van der Waals surface area (Å²) in [5.41, 5.74) is 0. The van der Waals surface area contributed by atoms with Crippen molar-refractivity contribution in [3.63, 3.8) is 0 Å². The molecule has 1 aliphatic rings. The fourth-order valence-electron chi connectivity index (χ4n) is 2.34. The van der Waals surface area contributed by atoms with Gasteiger partial charge in [0.1, 0.15) is 0 Å². The van der Waals surface area contributed by atoms with Gasteiger partial charge in [0.05, 0.1) is 11.8 Å². The van der Waals surface area contributed by atoms with Gasteiger partial charge in [0, 0.05) is 0 Å². The van der Waals surface area contributed by atoms with E-state index in [1.807, 2.05) is 0 Å². The number of carboxylic acids is 1. The van der Waals surface area contributed by atoms with Crippen LogP contribution in [0.4, 0.5) is 5.82 Å². The van der Waals surface area contributed by atoms with Gasteiger partial charge in [-0.15, -0.1) is 10.2 Å². The zero-order chi connectivity index (χ0) is 13.8. The first-order valence-corrected chi connectivity index (χ1v) is 6.48. The summed E-state index contributed by atoms with van der Waals surface area (Å²) in [5.74, 6) is -2.08. The van der Waals surface area contributed by atoms with Crippen LogP contribution in [0.5, 0.6) is 0 Å². The maximum Gasteiger partial charge on any atom is 0.307 e. The Morgan fingerprint density at radius 1 is 1.21 bits per heavy atom. The number of carbonyl (C=O) groups is 2. The molecule has 1 amide bonds. The molecule has 0 spiro atoms. The Labute approximate surface area is 115 Å². The fraction of sp³-hybridized carbons (Fsp3) is 0.500. The van der Waals surface area contributed by atoms with E-state index in [4.69, 9.17) is 16.7 Å². The second-order valence-corrected chi connectivity index (χ2v) is 4.95. The van der Waals surface area contributed by atoms with E-state index in [0.29, 0.717) is 12.8 Å². The summed E-state index contributed by atoms with van der Waals surface area (Å²) >= 11 is 5.60. The monoisotopic (exact) mass is 283 g/mol. The second-order valence-electron chi connectivity index (χ2n) is 4.57. The van der Waals surface area contributed by atoms with Crippen molar-refractivity contribution in [3.05, 3.63) is 17.3 Å². The zero-order valence-electron chi connectivity index (χ0n) is 10.2. The van der Waals surface area contributed by atoms with Gasteiger partial charge in [-0.2, -0.15) is 0 Å². The predicted molar refractivity (Wildman–Crippen MR) is 68.8 cm³/mol. The lowest BCUT2D eigenvalue weighted by Gasteiger charge is -2.27. The van der Waals surface area contributed by atoms with Crippen molar-refractivity contribution in [1.82, 2.24) is 10.2 Å². The smallest absolute Gasteiger partial charge is 0.307 e. The third kappa shape index (κ3) is 3.41. The van der Waals surface area contributed by atoms with E-state index < -0.39 is 17.8 Å². The van der Waals surface area contributed by atoms with E-state index in [9.17, 15) is 9.59 Å². The molecular formula is C12H14ClN3O3. The summed E-state index contributed by atoms with van der Waals surface area (Å²) in [6.45, 7) is 0. The molecule has 1 aromatic rings. The highest BCUT2D eigenvalue weighted by Gasteiger charge is 2.35. The van der Waals surface area contributed by atoms with E-state index in [1.165, 1.54) is 12.1 Å². The normalized spacial score (nSPS) is 22.8. The summed E-state index contributed by atoms with van der Waals surface area (Å²) in [6, 6.07) is 3.05. The third-order valence-corrected chi connectivity index (χ3v) is 3.50. The van der Waals surface area contributed by atoms with Crippen LogP contribution in [0.15, 0.2) is 12.1 Å². The van der Waals surface area contributed by atoms with Gasteiger partial charge in [-0.25, -0.2) is 0 Å². The Balaban J connectivity index is 2.05. The van der Waals surface area contributed by atoms with Gasteiger partial charge < -0.3 is 10.4 Å². The largest absolute Gasteiger partial charge is 0.481 e. The van der Waals surface area contributed by atoms with Crippen molar-refractivity contribution in [2.75, 3.05) is 5.32 Å². The van der Waals surface area contributed by atoms with Crippen LogP contribution in [-0.2, 0) is 9.59 Å². The first-order chi connectivity index (χ1) is 9.08. The van der Waals surface area contributed by atoms with Gasteiger partial charge in [-0.1, -0.05) is 24.4 Å². The van der Waals surface area contributed by atoms with E-state index >= 15 is 0 Å². The number of aromatic nitrogens is 2. The van der Waals surface area contributed by atoms with Gasteiger partial charge in [0.2, 0.25) is 5.91 Å². The Kier molecular flexibility index (Phi) is 4.31. The molecule has 7 heteroatoms. The van der Waals surface area contributed by atoms with Gasteiger partial charge in [0.15, 0.2) is 11.0 Å². The van der Waals surface area contributed by atoms with E-state index in [2.05, 4.69) is 15.5 Å². The molecule has 2 atom stereocenters. The van der Waals surface area contributed by atoms with Crippen molar-refractivity contribution in [3.8, 4) is 0 Å². The molecule has 2 unspecified atom stereocenters. The maximum atomic E-state index is 12.1. The Morgan fingerprint density at radius 3 is 2.47 bits per heavy atom. The number of carboxylic acid groups (broad SMARTS) is 1. The molecule has 2 N–H and O–H groups in total. The highest BCUT2D eigenvalue weighted by atomic mass is 35.5. The minimum absolute atomic E-state index is 0.235. The lowest BCUT2D eigenvalue weighted by molar-refractivity contribution is -0.147. The van der Waals surface area contributed by atoms with Gasteiger partial charge in [-0.05, 0) is 25.0 Å². The quantitative estimate of drug-likeness (QED) is 0.884. The maximum absolute atomic E-state index is 12.1. The Morgan fingerprint density at radius 2 is 1.89 bits per heavy atom. The first kappa shape index (κ1) is 13.7. The molecule has 0 radical (unpaired) electrons. The van der Waals surface area contributed by atoms with Crippen molar-refractivity contribution >= 4 is 29.3 Å². The molecule has 0 aromatic carbocycles. The minimum Gasteiger partial charge on any atom is -0.481 e. The fourth-order valence-corrected chi connectivity index (χ4v) is 2.44. The average Bonchev–Trinajstić information content (AvgIpc) is 2.41. The van der Waals surface area contributed by atoms with Crippen LogP contribution in [0, 0.1) is 11.8 Å². The molecule has 0 aliphatic heterocycles. The molecule has 0 bridgehead atoms. The number of hydrogen-bond donors (Lipinski definition) is 2.